The SMILES string of the molecule is C[C@@H](N)c1ccc(F)cc1OCc1ccc(F)cc1Br. The van der Waals surface area contributed by atoms with Crippen LogP contribution in [0.5, 0.6) is 5.75 Å². The fourth-order valence-electron chi connectivity index (χ4n) is 1.80. The fraction of sp³-hybridized carbons (Fsp3) is 0.200. The number of ether oxygens (including phenoxy) is 1. The van der Waals surface area contributed by atoms with Crippen molar-refractivity contribution < 1.29 is 13.5 Å². The third-order valence-electron chi connectivity index (χ3n) is 2.86. The molecule has 0 heterocycles. The minimum Gasteiger partial charge on any atom is -0.488 e. The highest BCUT2D eigenvalue weighted by Crippen LogP contribution is 2.27. The Balaban J connectivity index is 2.20. The van der Waals surface area contributed by atoms with Gasteiger partial charge in [0, 0.05) is 27.7 Å². The van der Waals surface area contributed by atoms with Crippen molar-refractivity contribution in [2.24, 2.45) is 5.73 Å². The maximum atomic E-state index is 13.3. The number of nitrogens with two attached hydrogens (primary N) is 1. The second-order valence-corrected chi connectivity index (χ2v) is 5.35. The van der Waals surface area contributed by atoms with Crippen LogP contribution in [-0.2, 0) is 6.61 Å². The van der Waals surface area contributed by atoms with Gasteiger partial charge in [-0.15, -0.1) is 0 Å². The lowest BCUT2D eigenvalue weighted by molar-refractivity contribution is 0.299. The van der Waals surface area contributed by atoms with Gasteiger partial charge < -0.3 is 10.5 Å². The third-order valence-corrected chi connectivity index (χ3v) is 3.60. The molecular weight excluding hydrogens is 328 g/mol. The predicted molar refractivity (Wildman–Crippen MR) is 77.4 cm³/mol. The van der Waals surface area contributed by atoms with Crippen molar-refractivity contribution in [3.8, 4) is 5.75 Å². The molecule has 0 amide bonds. The van der Waals surface area contributed by atoms with Gasteiger partial charge in [-0.2, -0.15) is 0 Å². The van der Waals surface area contributed by atoms with Crippen LogP contribution in [-0.4, -0.2) is 0 Å². The summed E-state index contributed by atoms with van der Waals surface area (Å²) in [6.07, 6.45) is 0. The molecule has 0 aliphatic carbocycles. The van der Waals surface area contributed by atoms with E-state index in [1.54, 1.807) is 19.1 Å². The van der Waals surface area contributed by atoms with Gasteiger partial charge in [-0.1, -0.05) is 28.1 Å². The molecule has 2 nitrogen and oxygen atoms in total. The highest BCUT2D eigenvalue weighted by molar-refractivity contribution is 9.10. The Kier molecular flexibility index (Phi) is 4.73. The number of halogens is 3. The zero-order valence-electron chi connectivity index (χ0n) is 10.9. The summed E-state index contributed by atoms with van der Waals surface area (Å²) in [5, 5.41) is 0. The quantitative estimate of drug-likeness (QED) is 0.898. The van der Waals surface area contributed by atoms with Crippen LogP contribution in [0.15, 0.2) is 40.9 Å². The topological polar surface area (TPSA) is 35.2 Å². The molecule has 0 radical (unpaired) electrons. The van der Waals surface area contributed by atoms with E-state index in [4.69, 9.17) is 10.5 Å². The van der Waals surface area contributed by atoms with Crippen molar-refractivity contribution in [2.75, 3.05) is 0 Å². The van der Waals surface area contributed by atoms with Crippen LogP contribution in [0, 0.1) is 11.6 Å². The van der Waals surface area contributed by atoms with Crippen LogP contribution < -0.4 is 10.5 Å². The molecule has 0 fully saturated rings. The molecule has 2 aromatic rings. The van der Waals surface area contributed by atoms with Gasteiger partial charge in [0.05, 0.1) is 0 Å². The smallest absolute Gasteiger partial charge is 0.127 e. The van der Waals surface area contributed by atoms with Gasteiger partial charge in [-0.05, 0) is 25.1 Å². The van der Waals surface area contributed by atoms with E-state index >= 15 is 0 Å². The van der Waals surface area contributed by atoms with E-state index in [1.165, 1.54) is 24.3 Å². The maximum absolute atomic E-state index is 13.3. The zero-order chi connectivity index (χ0) is 14.7. The van der Waals surface area contributed by atoms with Gasteiger partial charge in [0.2, 0.25) is 0 Å². The molecule has 0 unspecified atom stereocenters. The first-order chi connectivity index (χ1) is 9.47. The average molecular weight is 342 g/mol. The normalized spacial score (nSPS) is 12.2. The Hall–Kier alpha value is -1.46. The molecule has 2 aromatic carbocycles. The first kappa shape index (κ1) is 14.9. The summed E-state index contributed by atoms with van der Waals surface area (Å²) in [5.74, 6) is -0.318. The van der Waals surface area contributed by atoms with E-state index in [0.717, 1.165) is 11.1 Å². The van der Waals surface area contributed by atoms with Crippen molar-refractivity contribution in [1.82, 2.24) is 0 Å². The highest BCUT2D eigenvalue weighted by atomic mass is 79.9. The standard InChI is InChI=1S/C15H14BrF2NO/c1-9(19)13-5-4-12(18)7-15(13)20-8-10-2-3-11(17)6-14(10)16/h2-7,9H,8,19H2,1H3/t9-/m1/s1. The van der Waals surface area contributed by atoms with Crippen LogP contribution >= 0.6 is 15.9 Å². The largest absolute Gasteiger partial charge is 0.488 e. The Morgan fingerprint density at radius 1 is 1.15 bits per heavy atom. The Bertz CT molecular complexity index is 617. The summed E-state index contributed by atoms with van der Waals surface area (Å²) in [5.41, 5.74) is 7.32. The number of hydrogen-bond donors (Lipinski definition) is 1. The molecule has 0 spiro atoms. The Morgan fingerprint density at radius 2 is 1.80 bits per heavy atom. The van der Waals surface area contributed by atoms with Gasteiger partial charge in [0.25, 0.3) is 0 Å². The summed E-state index contributed by atoms with van der Waals surface area (Å²) < 4.78 is 32.5. The molecule has 0 saturated heterocycles. The van der Waals surface area contributed by atoms with Crippen molar-refractivity contribution in [2.45, 2.75) is 19.6 Å². The average Bonchev–Trinajstić information content (AvgIpc) is 2.37. The fourth-order valence-corrected chi connectivity index (χ4v) is 2.27. The molecule has 20 heavy (non-hydrogen) atoms. The van der Waals surface area contributed by atoms with Gasteiger partial charge in [0.1, 0.15) is 24.0 Å². The van der Waals surface area contributed by atoms with Crippen molar-refractivity contribution in [3.63, 3.8) is 0 Å². The molecule has 106 valence electrons. The molecule has 0 aliphatic rings. The summed E-state index contributed by atoms with van der Waals surface area (Å²) >= 11 is 3.26. The van der Waals surface area contributed by atoms with Gasteiger partial charge in [-0.3, -0.25) is 0 Å². The van der Waals surface area contributed by atoms with Crippen LogP contribution in [0.25, 0.3) is 0 Å². The Morgan fingerprint density at radius 3 is 2.45 bits per heavy atom. The van der Waals surface area contributed by atoms with Gasteiger partial charge >= 0.3 is 0 Å². The van der Waals surface area contributed by atoms with Crippen molar-refractivity contribution in [3.05, 3.63) is 63.6 Å². The number of benzene rings is 2. The summed E-state index contributed by atoms with van der Waals surface area (Å²) in [6, 6.07) is 8.31. The number of hydrogen-bond acceptors (Lipinski definition) is 2. The molecule has 0 bridgehead atoms. The summed E-state index contributed by atoms with van der Waals surface area (Å²) in [6.45, 7) is 2.00. The van der Waals surface area contributed by atoms with Gasteiger partial charge in [0.15, 0.2) is 0 Å². The molecule has 0 aliphatic heterocycles. The van der Waals surface area contributed by atoms with E-state index < -0.39 is 0 Å². The molecule has 2 rings (SSSR count). The highest BCUT2D eigenvalue weighted by Gasteiger charge is 2.10. The van der Waals surface area contributed by atoms with E-state index in [2.05, 4.69) is 15.9 Å². The van der Waals surface area contributed by atoms with E-state index in [9.17, 15) is 8.78 Å². The molecule has 1 atom stereocenters. The van der Waals surface area contributed by atoms with Crippen LogP contribution in [0.4, 0.5) is 8.78 Å². The second-order valence-electron chi connectivity index (χ2n) is 4.50. The lowest BCUT2D eigenvalue weighted by atomic mass is 10.1. The lowest BCUT2D eigenvalue weighted by Crippen LogP contribution is -2.08. The molecule has 2 N–H and O–H groups in total. The zero-order valence-corrected chi connectivity index (χ0v) is 12.5. The monoisotopic (exact) mass is 341 g/mol. The van der Waals surface area contributed by atoms with E-state index in [1.807, 2.05) is 0 Å². The summed E-state index contributed by atoms with van der Waals surface area (Å²) in [4.78, 5) is 0. The minimum absolute atomic E-state index is 0.198. The number of rotatable bonds is 4. The second kappa shape index (κ2) is 6.33. The molecule has 0 aromatic heterocycles. The summed E-state index contributed by atoms with van der Waals surface area (Å²) in [7, 11) is 0. The van der Waals surface area contributed by atoms with E-state index in [-0.39, 0.29) is 24.3 Å². The van der Waals surface area contributed by atoms with Crippen molar-refractivity contribution in [1.29, 1.82) is 0 Å². The minimum atomic E-state index is -0.387. The third kappa shape index (κ3) is 3.55. The Labute approximate surface area is 124 Å². The molecule has 5 heteroatoms. The molecular formula is C15H14BrF2NO. The van der Waals surface area contributed by atoms with E-state index in [0.29, 0.717) is 10.2 Å². The van der Waals surface area contributed by atoms with Crippen LogP contribution in [0.2, 0.25) is 0 Å². The predicted octanol–water partition coefficient (Wildman–Crippen LogP) is 4.33. The van der Waals surface area contributed by atoms with Crippen LogP contribution in [0.1, 0.15) is 24.1 Å². The van der Waals surface area contributed by atoms with Gasteiger partial charge in [-0.25, -0.2) is 8.78 Å². The van der Waals surface area contributed by atoms with Crippen LogP contribution in [0.3, 0.4) is 0 Å². The first-order valence-electron chi connectivity index (χ1n) is 6.09. The molecule has 0 saturated carbocycles. The van der Waals surface area contributed by atoms with Crippen molar-refractivity contribution >= 4 is 15.9 Å². The lowest BCUT2D eigenvalue weighted by Gasteiger charge is -2.14. The maximum Gasteiger partial charge on any atom is 0.127 e. The first-order valence-corrected chi connectivity index (χ1v) is 6.88.